The zero-order chi connectivity index (χ0) is 15.0. The summed E-state index contributed by atoms with van der Waals surface area (Å²) < 4.78 is 37.5. The molecule has 2 N–H and O–H groups in total. The van der Waals surface area contributed by atoms with Crippen LogP contribution in [0.15, 0.2) is 24.3 Å². The van der Waals surface area contributed by atoms with Gasteiger partial charge in [0, 0.05) is 26.1 Å². The summed E-state index contributed by atoms with van der Waals surface area (Å²) in [6.07, 6.45) is -3.13. The lowest BCUT2D eigenvalue weighted by molar-refractivity contribution is -0.137. The van der Waals surface area contributed by atoms with Crippen molar-refractivity contribution in [2.24, 2.45) is 0 Å². The van der Waals surface area contributed by atoms with Gasteiger partial charge in [-0.1, -0.05) is 25.1 Å². The first-order valence-electron chi connectivity index (χ1n) is 6.57. The Morgan fingerprint density at radius 1 is 1.25 bits per heavy atom. The van der Waals surface area contributed by atoms with Gasteiger partial charge >= 0.3 is 6.18 Å². The van der Waals surface area contributed by atoms with Gasteiger partial charge in [-0.3, -0.25) is 4.79 Å². The lowest BCUT2D eigenvalue weighted by atomic mass is 10.1. The average molecular weight is 288 g/mol. The minimum atomic E-state index is -4.32. The second kappa shape index (κ2) is 7.89. The molecular formula is C14H19F3N2O. The topological polar surface area (TPSA) is 41.1 Å². The molecule has 6 heteroatoms. The van der Waals surface area contributed by atoms with E-state index in [4.69, 9.17) is 0 Å². The quantitative estimate of drug-likeness (QED) is 0.757. The number of hydrogen-bond donors (Lipinski definition) is 2. The first kappa shape index (κ1) is 16.5. The van der Waals surface area contributed by atoms with Crippen molar-refractivity contribution in [1.82, 2.24) is 10.6 Å². The number of carbonyl (C=O) groups is 1. The van der Waals surface area contributed by atoms with Crippen LogP contribution in [-0.2, 0) is 17.5 Å². The van der Waals surface area contributed by atoms with Gasteiger partial charge in [0.1, 0.15) is 0 Å². The molecule has 0 saturated heterocycles. The highest BCUT2D eigenvalue weighted by atomic mass is 19.4. The summed E-state index contributed by atoms with van der Waals surface area (Å²) in [4.78, 5) is 11.3. The van der Waals surface area contributed by atoms with Crippen molar-refractivity contribution in [3.63, 3.8) is 0 Å². The third-order valence-electron chi connectivity index (χ3n) is 2.68. The molecule has 3 nitrogen and oxygen atoms in total. The number of amides is 1. The van der Waals surface area contributed by atoms with Gasteiger partial charge in [0.15, 0.2) is 0 Å². The molecule has 0 aromatic heterocycles. The van der Waals surface area contributed by atoms with Gasteiger partial charge < -0.3 is 10.6 Å². The average Bonchev–Trinajstić information content (AvgIpc) is 2.41. The highest BCUT2D eigenvalue weighted by Gasteiger charge is 2.30. The van der Waals surface area contributed by atoms with Gasteiger partial charge in [-0.05, 0) is 18.1 Å². The van der Waals surface area contributed by atoms with Crippen LogP contribution in [0.3, 0.4) is 0 Å². The van der Waals surface area contributed by atoms with Crippen LogP contribution in [-0.4, -0.2) is 19.0 Å². The van der Waals surface area contributed by atoms with Gasteiger partial charge in [-0.2, -0.15) is 13.2 Å². The summed E-state index contributed by atoms with van der Waals surface area (Å²) in [7, 11) is 0. The van der Waals surface area contributed by atoms with E-state index in [1.54, 1.807) is 6.07 Å². The first-order chi connectivity index (χ1) is 9.43. The molecule has 0 bridgehead atoms. The van der Waals surface area contributed by atoms with Crippen LogP contribution in [0, 0.1) is 0 Å². The van der Waals surface area contributed by atoms with E-state index >= 15 is 0 Å². The number of benzene rings is 1. The van der Waals surface area contributed by atoms with E-state index < -0.39 is 11.7 Å². The maximum Gasteiger partial charge on any atom is 0.416 e. The Morgan fingerprint density at radius 2 is 2.00 bits per heavy atom. The highest BCUT2D eigenvalue weighted by Crippen LogP contribution is 2.29. The number of carbonyl (C=O) groups excluding carboxylic acids is 1. The van der Waals surface area contributed by atoms with E-state index in [0.717, 1.165) is 18.6 Å². The summed E-state index contributed by atoms with van der Waals surface area (Å²) >= 11 is 0. The van der Waals surface area contributed by atoms with Gasteiger partial charge in [-0.15, -0.1) is 0 Å². The Hall–Kier alpha value is -1.56. The van der Waals surface area contributed by atoms with E-state index in [2.05, 4.69) is 10.6 Å². The minimum Gasteiger partial charge on any atom is -0.356 e. The molecule has 1 aromatic carbocycles. The molecule has 0 aliphatic carbocycles. The minimum absolute atomic E-state index is 0.0524. The van der Waals surface area contributed by atoms with Crippen LogP contribution in [0.5, 0.6) is 0 Å². The summed E-state index contributed by atoms with van der Waals surface area (Å²) in [5, 5.41) is 5.69. The Morgan fingerprint density at radius 3 is 2.65 bits per heavy atom. The lowest BCUT2D eigenvalue weighted by Crippen LogP contribution is -2.28. The van der Waals surface area contributed by atoms with Crippen LogP contribution in [0.1, 0.15) is 30.9 Å². The molecule has 0 aliphatic rings. The Bertz CT molecular complexity index is 433. The molecule has 20 heavy (non-hydrogen) atoms. The molecule has 0 unspecified atom stereocenters. The van der Waals surface area contributed by atoms with E-state index in [1.165, 1.54) is 6.07 Å². The Labute approximate surface area is 116 Å². The summed E-state index contributed by atoms with van der Waals surface area (Å²) in [5.41, 5.74) is -0.105. The zero-order valence-electron chi connectivity index (χ0n) is 11.4. The number of alkyl halides is 3. The molecular weight excluding hydrogens is 269 g/mol. The van der Waals surface area contributed by atoms with Gasteiger partial charge in [0.2, 0.25) is 5.91 Å². The smallest absolute Gasteiger partial charge is 0.356 e. The molecule has 0 radical (unpaired) electrons. The summed E-state index contributed by atoms with van der Waals surface area (Å²) in [6.45, 7) is 3.36. The third-order valence-corrected chi connectivity index (χ3v) is 2.68. The van der Waals surface area contributed by atoms with Gasteiger partial charge in [0.05, 0.1) is 5.56 Å². The number of halogens is 3. The van der Waals surface area contributed by atoms with Crippen molar-refractivity contribution in [3.05, 3.63) is 35.4 Å². The molecule has 0 fully saturated rings. The summed E-state index contributed by atoms with van der Waals surface area (Å²) in [5.74, 6) is -0.0524. The molecule has 0 atom stereocenters. The molecule has 1 aromatic rings. The van der Waals surface area contributed by atoms with Gasteiger partial charge in [0.25, 0.3) is 0 Å². The first-order valence-corrected chi connectivity index (χ1v) is 6.57. The molecule has 0 heterocycles. The molecule has 0 aliphatic heterocycles. The Kier molecular flexibility index (Phi) is 6.51. The van der Waals surface area contributed by atoms with E-state index in [-0.39, 0.29) is 5.91 Å². The zero-order valence-corrected chi connectivity index (χ0v) is 11.4. The van der Waals surface area contributed by atoms with E-state index in [0.29, 0.717) is 31.6 Å². The number of hydrogen-bond acceptors (Lipinski definition) is 2. The van der Waals surface area contributed by atoms with Crippen LogP contribution in [0.25, 0.3) is 0 Å². The fourth-order valence-electron chi connectivity index (χ4n) is 1.65. The van der Waals surface area contributed by atoms with E-state index in [9.17, 15) is 18.0 Å². The lowest BCUT2D eigenvalue weighted by Gasteiger charge is -2.09. The SMILES string of the molecule is CCCNC(=O)CCNCc1cccc(C(F)(F)F)c1. The fraction of sp³-hybridized carbons (Fsp3) is 0.500. The number of rotatable bonds is 7. The second-order valence-corrected chi connectivity index (χ2v) is 4.47. The van der Waals surface area contributed by atoms with Crippen molar-refractivity contribution in [1.29, 1.82) is 0 Å². The second-order valence-electron chi connectivity index (χ2n) is 4.47. The third kappa shape index (κ3) is 6.06. The van der Waals surface area contributed by atoms with Crippen LogP contribution in [0.4, 0.5) is 13.2 Å². The van der Waals surface area contributed by atoms with Crippen molar-refractivity contribution in [2.45, 2.75) is 32.5 Å². The number of nitrogens with one attached hydrogen (secondary N) is 2. The maximum atomic E-state index is 12.5. The van der Waals surface area contributed by atoms with Crippen molar-refractivity contribution in [3.8, 4) is 0 Å². The molecule has 0 spiro atoms. The monoisotopic (exact) mass is 288 g/mol. The Balaban J connectivity index is 2.34. The standard InChI is InChI=1S/C14H19F3N2O/c1-2-7-19-13(20)6-8-18-10-11-4-3-5-12(9-11)14(15,16)17/h3-5,9,18H,2,6-8,10H2,1H3,(H,19,20). The van der Waals surface area contributed by atoms with Crippen molar-refractivity contribution >= 4 is 5.91 Å². The largest absolute Gasteiger partial charge is 0.416 e. The van der Waals surface area contributed by atoms with Crippen LogP contribution in [0.2, 0.25) is 0 Å². The van der Waals surface area contributed by atoms with Crippen molar-refractivity contribution < 1.29 is 18.0 Å². The molecule has 1 amide bonds. The molecule has 112 valence electrons. The van der Waals surface area contributed by atoms with Crippen molar-refractivity contribution in [2.75, 3.05) is 13.1 Å². The normalized spacial score (nSPS) is 11.4. The van der Waals surface area contributed by atoms with Crippen LogP contribution >= 0.6 is 0 Å². The fourth-order valence-corrected chi connectivity index (χ4v) is 1.65. The van der Waals surface area contributed by atoms with Crippen LogP contribution < -0.4 is 10.6 Å². The van der Waals surface area contributed by atoms with Gasteiger partial charge in [-0.25, -0.2) is 0 Å². The molecule has 0 saturated carbocycles. The van der Waals surface area contributed by atoms with E-state index in [1.807, 2.05) is 6.92 Å². The summed E-state index contributed by atoms with van der Waals surface area (Å²) in [6, 6.07) is 5.17. The highest BCUT2D eigenvalue weighted by molar-refractivity contribution is 5.75. The predicted molar refractivity (Wildman–Crippen MR) is 71.1 cm³/mol. The predicted octanol–water partition coefficient (Wildman–Crippen LogP) is 2.71. The molecule has 1 rings (SSSR count). The maximum absolute atomic E-state index is 12.5.